The lowest BCUT2D eigenvalue weighted by molar-refractivity contribution is -0.120. The van der Waals surface area contributed by atoms with Crippen molar-refractivity contribution in [3.05, 3.63) is 110 Å². The molecule has 5 aromatic heterocycles. The molecule has 71 heavy (non-hydrogen) atoms. The van der Waals surface area contributed by atoms with E-state index in [9.17, 15) is 9.59 Å². The summed E-state index contributed by atoms with van der Waals surface area (Å²) in [7, 11) is 7.71. The number of nitrogens with zero attached hydrogens (tertiary/aromatic N) is 10. The van der Waals surface area contributed by atoms with E-state index in [1.807, 2.05) is 86.7 Å². The van der Waals surface area contributed by atoms with Gasteiger partial charge in [0.25, 0.3) is 0 Å². The second-order valence-corrected chi connectivity index (χ2v) is 21.9. The number of anilines is 2. The number of carbonyl (C=O) groups is 2. The van der Waals surface area contributed by atoms with E-state index in [-0.39, 0.29) is 41.7 Å². The number of hydrogen-bond donors (Lipinski definition) is 1. The first-order valence-electron chi connectivity index (χ1n) is 24.5. The molecule has 0 saturated carbocycles. The zero-order valence-corrected chi connectivity index (χ0v) is 46.4. The molecular formula is C57H87ClN10O3. The third kappa shape index (κ3) is 21.6. The SMILES string of the molecule is C.CN(C)CCO.CN(CC(=O)CC(C)(C)C)c1nc(Cl)nc2c1CCC2.Cc1cc(C)c(C)cn1.Cc1ccncc1C.Cc1cnc(-c2nc3c(c(N(C)CC(=O)CC(C)(C)C)n2)CCC3)cc1C. The summed E-state index contributed by atoms with van der Waals surface area (Å²) in [6, 6.07) is 6.14. The van der Waals surface area contributed by atoms with Crippen LogP contribution in [0, 0.1) is 59.3 Å². The van der Waals surface area contributed by atoms with E-state index in [1.165, 1.54) is 33.4 Å². The molecule has 2 aliphatic carbocycles. The summed E-state index contributed by atoms with van der Waals surface area (Å²) in [6.45, 7) is 28.7. The molecule has 0 amide bonds. The van der Waals surface area contributed by atoms with Crippen molar-refractivity contribution in [3.63, 3.8) is 0 Å². The highest BCUT2D eigenvalue weighted by Crippen LogP contribution is 2.32. The fourth-order valence-corrected chi connectivity index (χ4v) is 7.95. The van der Waals surface area contributed by atoms with Gasteiger partial charge in [-0.1, -0.05) is 49.0 Å². The number of aryl methyl sites for hydroxylation is 9. The molecule has 14 heteroatoms. The van der Waals surface area contributed by atoms with Crippen LogP contribution in [0.5, 0.6) is 0 Å². The van der Waals surface area contributed by atoms with Crippen LogP contribution in [-0.2, 0) is 35.3 Å². The Morgan fingerprint density at radius 3 is 1.51 bits per heavy atom. The molecule has 0 atom stereocenters. The van der Waals surface area contributed by atoms with Crippen molar-refractivity contribution < 1.29 is 14.7 Å². The first-order valence-corrected chi connectivity index (χ1v) is 24.9. The molecule has 0 aliphatic heterocycles. The quantitative estimate of drug-likeness (QED) is 0.125. The van der Waals surface area contributed by atoms with Crippen LogP contribution < -0.4 is 9.80 Å². The van der Waals surface area contributed by atoms with Gasteiger partial charge in [0.2, 0.25) is 5.28 Å². The van der Waals surface area contributed by atoms with Crippen LogP contribution in [0.15, 0.2) is 43.0 Å². The van der Waals surface area contributed by atoms with E-state index in [4.69, 9.17) is 26.7 Å². The number of aliphatic hydroxyl groups is 1. The van der Waals surface area contributed by atoms with Gasteiger partial charge in [-0.2, -0.15) is 0 Å². The van der Waals surface area contributed by atoms with Crippen molar-refractivity contribution in [2.75, 3.05) is 64.2 Å². The second kappa shape index (κ2) is 28.7. The van der Waals surface area contributed by atoms with E-state index < -0.39 is 0 Å². The lowest BCUT2D eigenvalue weighted by Gasteiger charge is -2.23. The predicted octanol–water partition coefficient (Wildman–Crippen LogP) is 11.0. The molecular weight excluding hydrogens is 908 g/mol. The summed E-state index contributed by atoms with van der Waals surface area (Å²) >= 11 is 5.98. The van der Waals surface area contributed by atoms with E-state index in [0.717, 1.165) is 90.6 Å². The van der Waals surface area contributed by atoms with Gasteiger partial charge in [-0.05, 0) is 175 Å². The predicted molar refractivity (Wildman–Crippen MR) is 295 cm³/mol. The number of halogens is 1. The number of hydrogen-bond acceptors (Lipinski definition) is 13. The summed E-state index contributed by atoms with van der Waals surface area (Å²) in [5, 5.41) is 8.47. The third-order valence-corrected chi connectivity index (χ3v) is 11.9. The number of pyridine rings is 3. The molecule has 5 aromatic rings. The number of carbonyl (C=O) groups excluding carboxylic acids is 2. The maximum absolute atomic E-state index is 12.5. The highest BCUT2D eigenvalue weighted by atomic mass is 35.5. The van der Waals surface area contributed by atoms with Gasteiger partial charge in [0.05, 0.1) is 25.4 Å². The average Bonchev–Trinajstić information content (AvgIpc) is 3.93. The minimum atomic E-state index is 0. The van der Waals surface area contributed by atoms with Crippen molar-refractivity contribution in [1.29, 1.82) is 0 Å². The van der Waals surface area contributed by atoms with Gasteiger partial charge >= 0.3 is 0 Å². The fraction of sp³-hybridized carbons (Fsp3) is 0.561. The Hall–Kier alpha value is -5.24. The number of ketones is 2. The lowest BCUT2D eigenvalue weighted by Crippen LogP contribution is -2.30. The molecule has 13 nitrogen and oxygen atoms in total. The highest BCUT2D eigenvalue weighted by molar-refractivity contribution is 6.28. The van der Waals surface area contributed by atoms with Crippen molar-refractivity contribution in [1.82, 2.24) is 39.8 Å². The summed E-state index contributed by atoms with van der Waals surface area (Å²) < 4.78 is 0. The molecule has 2 aliphatic rings. The average molecular weight is 996 g/mol. The summed E-state index contributed by atoms with van der Waals surface area (Å²) in [5.74, 6) is 2.82. The molecule has 0 aromatic carbocycles. The molecule has 0 spiro atoms. The number of rotatable bonds is 11. The van der Waals surface area contributed by atoms with E-state index in [1.54, 1.807) is 0 Å². The largest absolute Gasteiger partial charge is 0.395 e. The Morgan fingerprint density at radius 2 is 1.10 bits per heavy atom. The maximum atomic E-state index is 12.5. The Kier molecular flexibility index (Phi) is 25.0. The van der Waals surface area contributed by atoms with Gasteiger partial charge in [0.15, 0.2) is 17.4 Å². The summed E-state index contributed by atoms with van der Waals surface area (Å²) in [5.41, 5.74) is 13.9. The van der Waals surface area contributed by atoms with Gasteiger partial charge in [0.1, 0.15) is 17.3 Å². The zero-order chi connectivity index (χ0) is 52.5. The molecule has 5 heterocycles. The molecule has 0 radical (unpaired) electrons. The Balaban J connectivity index is 0.000000341. The standard InChI is InChI=1S/C22H30N4O.C15H22ClN3O.C8H11N.C7H9N.C4H11NO.CH4/c1-14-10-19(23-12-15(14)2)20-24-18-9-7-8-17(18)21(25-20)26(6)13-16(27)11-22(3,4)5;1-15(2,3)8-10(20)9-19(4)13-11-6-5-7-12(11)17-14(16)18-13;1-6-4-8(3)9-5-7(6)2;1-6-3-4-8-5-7(6)2;1-5(2)3-4-6;/h10,12H,7-9,11,13H2,1-6H3;5-9H2,1-4H3;4-5H,1-3H3;3-5H,1-2H3;6H,3-4H2,1-2H3;1H4. The minimum Gasteiger partial charge on any atom is -0.395 e. The maximum Gasteiger partial charge on any atom is 0.224 e. The Bertz CT molecular complexity index is 2480. The van der Waals surface area contributed by atoms with Crippen molar-refractivity contribution >= 4 is 34.8 Å². The number of aromatic nitrogens is 7. The first kappa shape index (κ1) is 61.9. The van der Waals surface area contributed by atoms with Crippen LogP contribution in [0.1, 0.15) is 136 Å². The summed E-state index contributed by atoms with van der Waals surface area (Å²) in [4.78, 5) is 61.3. The van der Waals surface area contributed by atoms with Gasteiger partial charge in [-0.25, -0.2) is 19.9 Å². The van der Waals surface area contributed by atoms with Gasteiger partial charge in [0, 0.05) is 80.8 Å². The van der Waals surface area contributed by atoms with Gasteiger partial charge < -0.3 is 19.8 Å². The molecule has 0 fully saturated rings. The monoisotopic (exact) mass is 995 g/mol. The molecule has 0 unspecified atom stereocenters. The van der Waals surface area contributed by atoms with Gasteiger partial charge in [-0.3, -0.25) is 24.5 Å². The van der Waals surface area contributed by atoms with Crippen LogP contribution in [0.2, 0.25) is 5.28 Å². The molecule has 1 N–H and O–H groups in total. The highest BCUT2D eigenvalue weighted by Gasteiger charge is 2.26. The van der Waals surface area contributed by atoms with E-state index in [0.29, 0.717) is 31.8 Å². The number of likely N-dealkylation sites (N-methyl/N-ethyl adjacent to an activating group) is 3. The summed E-state index contributed by atoms with van der Waals surface area (Å²) in [6.07, 6.45) is 14.6. The molecule has 7 rings (SSSR count). The van der Waals surface area contributed by atoms with Crippen LogP contribution in [0.3, 0.4) is 0 Å². The van der Waals surface area contributed by atoms with E-state index >= 15 is 0 Å². The van der Waals surface area contributed by atoms with Crippen LogP contribution in [-0.4, -0.2) is 111 Å². The number of fused-ring (bicyclic) bond motifs is 2. The van der Waals surface area contributed by atoms with Crippen molar-refractivity contribution in [3.8, 4) is 11.5 Å². The third-order valence-electron chi connectivity index (χ3n) is 11.8. The smallest absolute Gasteiger partial charge is 0.224 e. The van der Waals surface area contributed by atoms with Crippen molar-refractivity contribution in [2.45, 2.75) is 149 Å². The molecule has 390 valence electrons. The van der Waals surface area contributed by atoms with E-state index in [2.05, 4.69) is 114 Å². The topological polar surface area (TPSA) is 154 Å². The van der Waals surface area contributed by atoms with Crippen molar-refractivity contribution in [2.24, 2.45) is 10.8 Å². The first-order chi connectivity index (χ1) is 32.7. The fourth-order valence-electron chi connectivity index (χ4n) is 7.77. The van der Waals surface area contributed by atoms with Crippen LogP contribution in [0.25, 0.3) is 11.5 Å². The second-order valence-electron chi connectivity index (χ2n) is 21.6. The lowest BCUT2D eigenvalue weighted by atomic mass is 9.90. The Morgan fingerprint density at radius 1 is 0.620 bits per heavy atom. The normalized spacial score (nSPS) is 12.3. The molecule has 0 bridgehead atoms. The van der Waals surface area contributed by atoms with Crippen LogP contribution in [0.4, 0.5) is 11.6 Å². The zero-order valence-electron chi connectivity index (χ0n) is 45.6. The minimum absolute atomic E-state index is 0. The Labute approximate surface area is 432 Å². The van der Waals surface area contributed by atoms with Gasteiger partial charge in [-0.15, -0.1) is 0 Å². The number of aliphatic hydroxyl groups excluding tert-OH is 1. The van der Waals surface area contributed by atoms with Crippen LogP contribution >= 0.6 is 11.6 Å². The number of Topliss-reactive ketones (excluding diaryl/α,β-unsaturated/α-hetero) is 2. The molecule has 0 saturated heterocycles.